The van der Waals surface area contributed by atoms with Gasteiger partial charge in [0.15, 0.2) is 5.75 Å². The molecule has 2 N–H and O–H groups in total. The van der Waals surface area contributed by atoms with Gasteiger partial charge in [-0.1, -0.05) is 0 Å². The van der Waals surface area contributed by atoms with Crippen LogP contribution < -0.4 is 10.6 Å². The zero-order valence-corrected chi connectivity index (χ0v) is 12.4. The number of urea groups is 1. The zero-order chi connectivity index (χ0) is 17.2. The number of halogens is 3. The van der Waals surface area contributed by atoms with Gasteiger partial charge in [0.2, 0.25) is 0 Å². The highest BCUT2D eigenvalue weighted by molar-refractivity contribution is 6.00. The summed E-state index contributed by atoms with van der Waals surface area (Å²) < 4.78 is 37.4. The number of alkyl halides is 3. The number of amides is 2. The first-order chi connectivity index (χ1) is 10.7. The minimum atomic E-state index is -4.42. The van der Waals surface area contributed by atoms with E-state index in [1.54, 1.807) is 13.8 Å². The second-order valence-electron chi connectivity index (χ2n) is 5.09. The number of aryl methyl sites for hydroxylation is 2. The van der Waals surface area contributed by atoms with E-state index in [9.17, 15) is 23.1 Å². The first-order valence-electron chi connectivity index (χ1n) is 6.70. The molecule has 1 radical (unpaired) electrons. The molecule has 2 aromatic rings. The lowest BCUT2D eigenvalue weighted by atomic mass is 10.1. The lowest BCUT2D eigenvalue weighted by Crippen LogP contribution is -2.20. The number of carbonyl (C=O) groups is 1. The van der Waals surface area contributed by atoms with Crippen LogP contribution >= 0.6 is 0 Å². The molecule has 0 bridgehead atoms. The van der Waals surface area contributed by atoms with E-state index in [0.717, 1.165) is 12.1 Å². The van der Waals surface area contributed by atoms with E-state index in [0.29, 0.717) is 16.8 Å². The Bertz CT molecular complexity index is 702. The van der Waals surface area contributed by atoms with Crippen molar-refractivity contribution in [1.82, 2.24) is 0 Å². The third-order valence-electron chi connectivity index (χ3n) is 3.21. The van der Waals surface area contributed by atoms with Crippen molar-refractivity contribution in [2.75, 3.05) is 10.6 Å². The fraction of sp³-hybridized carbons (Fsp3) is 0.188. The summed E-state index contributed by atoms with van der Waals surface area (Å²) in [5.41, 5.74) is 1.15. The molecule has 0 atom stereocenters. The number of anilines is 2. The lowest BCUT2D eigenvalue weighted by Gasteiger charge is -2.13. The predicted octanol–water partition coefficient (Wildman–Crippen LogP) is 5.11. The van der Waals surface area contributed by atoms with Crippen LogP contribution in [0.2, 0.25) is 0 Å². The summed E-state index contributed by atoms with van der Waals surface area (Å²) >= 11 is 0. The Morgan fingerprint density at radius 2 is 1.48 bits per heavy atom. The molecule has 0 unspecified atom stereocenters. The smallest absolute Gasteiger partial charge is 0.308 e. The second kappa shape index (κ2) is 6.20. The minimum absolute atomic E-state index is 0.159. The summed E-state index contributed by atoms with van der Waals surface area (Å²) in [7, 11) is 0. The van der Waals surface area contributed by atoms with Crippen molar-refractivity contribution in [3.63, 3.8) is 0 Å². The molecule has 23 heavy (non-hydrogen) atoms. The lowest BCUT2D eigenvalue weighted by molar-refractivity contribution is -0.137. The first-order valence-corrected chi connectivity index (χ1v) is 6.70. The Labute approximate surface area is 131 Å². The maximum atomic E-state index is 12.5. The van der Waals surface area contributed by atoms with Crippen LogP contribution in [-0.4, -0.2) is 6.03 Å². The van der Waals surface area contributed by atoms with E-state index in [-0.39, 0.29) is 11.4 Å². The average Bonchev–Trinajstić information content (AvgIpc) is 2.42. The Morgan fingerprint density at radius 1 is 0.957 bits per heavy atom. The Morgan fingerprint density at radius 3 is 1.96 bits per heavy atom. The van der Waals surface area contributed by atoms with Gasteiger partial charge in [0.05, 0.1) is 5.56 Å². The van der Waals surface area contributed by atoms with Crippen LogP contribution in [0.25, 0.3) is 0 Å². The van der Waals surface area contributed by atoms with E-state index in [1.165, 1.54) is 24.3 Å². The van der Waals surface area contributed by atoms with Gasteiger partial charge in [0.25, 0.3) is 0 Å². The van der Waals surface area contributed by atoms with Crippen LogP contribution in [0, 0.1) is 13.8 Å². The van der Waals surface area contributed by atoms with Crippen LogP contribution in [0.1, 0.15) is 16.7 Å². The van der Waals surface area contributed by atoms with Crippen LogP contribution in [0.15, 0.2) is 36.4 Å². The van der Waals surface area contributed by atoms with Crippen molar-refractivity contribution in [3.8, 4) is 5.75 Å². The van der Waals surface area contributed by atoms with Crippen LogP contribution in [-0.2, 0) is 11.3 Å². The molecule has 0 aliphatic carbocycles. The predicted molar refractivity (Wildman–Crippen MR) is 80.1 cm³/mol. The molecule has 7 heteroatoms. The maximum Gasteiger partial charge on any atom is 0.416 e. The van der Waals surface area contributed by atoms with Crippen molar-refractivity contribution in [3.05, 3.63) is 53.1 Å². The van der Waals surface area contributed by atoms with E-state index >= 15 is 0 Å². The third-order valence-corrected chi connectivity index (χ3v) is 3.21. The van der Waals surface area contributed by atoms with Gasteiger partial charge in [0, 0.05) is 11.4 Å². The van der Waals surface area contributed by atoms with Crippen molar-refractivity contribution in [2.45, 2.75) is 20.0 Å². The molecule has 0 heterocycles. The summed E-state index contributed by atoms with van der Waals surface area (Å²) in [6.07, 6.45) is -4.42. The molecule has 0 aliphatic rings. The molecule has 2 aromatic carbocycles. The third kappa shape index (κ3) is 4.15. The summed E-state index contributed by atoms with van der Waals surface area (Å²) in [6, 6.07) is 6.29. The molecular weight excluding hydrogens is 309 g/mol. The van der Waals surface area contributed by atoms with Gasteiger partial charge >= 0.3 is 12.2 Å². The maximum absolute atomic E-state index is 12.5. The number of carbonyl (C=O) groups excluding carboxylic acids is 1. The van der Waals surface area contributed by atoms with E-state index < -0.39 is 17.8 Å². The number of hydrogen-bond donors (Lipinski definition) is 2. The largest absolute Gasteiger partial charge is 0.416 e. The number of benzene rings is 2. The molecule has 4 nitrogen and oxygen atoms in total. The van der Waals surface area contributed by atoms with Gasteiger partial charge in [-0.2, -0.15) is 13.2 Å². The fourth-order valence-electron chi connectivity index (χ4n) is 2.14. The van der Waals surface area contributed by atoms with Crippen LogP contribution in [0.4, 0.5) is 29.3 Å². The molecular formula is C16H14F3N2O2. The van der Waals surface area contributed by atoms with Gasteiger partial charge in [-0.05, 0) is 61.4 Å². The fourth-order valence-corrected chi connectivity index (χ4v) is 2.14. The molecule has 2 rings (SSSR count). The number of rotatable bonds is 2. The summed E-state index contributed by atoms with van der Waals surface area (Å²) in [4.78, 5) is 11.9. The highest BCUT2D eigenvalue weighted by Crippen LogP contribution is 2.30. The number of nitrogens with one attached hydrogen (secondary N) is 2. The van der Waals surface area contributed by atoms with Crippen molar-refractivity contribution in [1.29, 1.82) is 0 Å². The number of hydrogen-bond acceptors (Lipinski definition) is 1. The van der Waals surface area contributed by atoms with E-state index in [2.05, 4.69) is 10.6 Å². The second-order valence-corrected chi connectivity index (χ2v) is 5.09. The Kier molecular flexibility index (Phi) is 4.49. The van der Waals surface area contributed by atoms with Crippen molar-refractivity contribution >= 4 is 17.4 Å². The molecule has 2 amide bonds. The normalized spacial score (nSPS) is 11.2. The highest BCUT2D eigenvalue weighted by atomic mass is 19.4. The van der Waals surface area contributed by atoms with E-state index in [4.69, 9.17) is 0 Å². The standard InChI is InChI=1S/C16H14F3N2O2/c1-9-7-13(22)8-10(2)14(9)21-15(23)20-12-5-3-11(4-6-12)16(17,18)19/h3-8H,1-2H3,(H2,20,21,23). The molecule has 0 spiro atoms. The molecule has 0 aliphatic heterocycles. The van der Waals surface area contributed by atoms with E-state index in [1.807, 2.05) is 0 Å². The Balaban J connectivity index is 2.08. The van der Waals surface area contributed by atoms with Crippen molar-refractivity contribution < 1.29 is 23.1 Å². The molecule has 0 fully saturated rings. The summed E-state index contributed by atoms with van der Waals surface area (Å²) in [6.45, 7) is 3.37. The van der Waals surface area contributed by atoms with Crippen LogP contribution in [0.5, 0.6) is 5.75 Å². The van der Waals surface area contributed by atoms with Crippen molar-refractivity contribution in [2.24, 2.45) is 0 Å². The molecule has 0 saturated carbocycles. The molecule has 0 saturated heterocycles. The first kappa shape index (κ1) is 16.7. The zero-order valence-electron chi connectivity index (χ0n) is 12.4. The SMILES string of the molecule is Cc1cc([O])cc(C)c1NC(=O)Nc1ccc(C(F)(F)F)cc1. The van der Waals surface area contributed by atoms with Gasteiger partial charge in [0.1, 0.15) is 0 Å². The van der Waals surface area contributed by atoms with Gasteiger partial charge in [-0.25, -0.2) is 4.79 Å². The van der Waals surface area contributed by atoms with Gasteiger partial charge in [-0.15, -0.1) is 0 Å². The van der Waals surface area contributed by atoms with Crippen LogP contribution in [0.3, 0.4) is 0 Å². The monoisotopic (exact) mass is 323 g/mol. The molecule has 0 aromatic heterocycles. The minimum Gasteiger partial charge on any atom is -0.308 e. The molecule has 121 valence electrons. The Hall–Kier alpha value is -2.70. The van der Waals surface area contributed by atoms with Gasteiger partial charge < -0.3 is 10.6 Å². The van der Waals surface area contributed by atoms with Gasteiger partial charge in [-0.3, -0.25) is 5.11 Å². The highest BCUT2D eigenvalue weighted by Gasteiger charge is 2.29. The topological polar surface area (TPSA) is 61.0 Å². The summed E-state index contributed by atoms with van der Waals surface area (Å²) in [5.74, 6) is -0.159. The average molecular weight is 323 g/mol. The summed E-state index contributed by atoms with van der Waals surface area (Å²) in [5, 5.41) is 16.4. The quantitative estimate of drug-likeness (QED) is 0.792.